The first-order valence-electron chi connectivity index (χ1n) is 13.1. The largest absolute Gasteiger partial charge is 0.493 e. The van der Waals surface area contributed by atoms with Gasteiger partial charge in [0.2, 0.25) is 5.88 Å². The number of hydrogen-bond donors (Lipinski definition) is 3. The molecule has 1 saturated carbocycles. The van der Waals surface area contributed by atoms with Gasteiger partial charge in [-0.3, -0.25) is 9.36 Å². The van der Waals surface area contributed by atoms with Gasteiger partial charge in [-0.15, -0.1) is 0 Å². The van der Waals surface area contributed by atoms with Crippen LogP contribution >= 0.6 is 22.9 Å². The number of nitrogens with zero attached hydrogens (tertiary/aromatic N) is 3. The molecule has 2 heterocycles. The molecule has 0 radical (unpaired) electrons. The van der Waals surface area contributed by atoms with Crippen LogP contribution in [0.5, 0.6) is 5.88 Å². The number of carboxylic acid groups (broad SMARTS) is 1. The lowest BCUT2D eigenvalue weighted by Crippen LogP contribution is -2.64. The van der Waals surface area contributed by atoms with Gasteiger partial charge < -0.3 is 15.5 Å². The Balaban J connectivity index is 1.57. The fourth-order valence-corrected chi connectivity index (χ4v) is 6.87. The summed E-state index contributed by atoms with van der Waals surface area (Å²) in [6.07, 6.45) is -3.60. The van der Waals surface area contributed by atoms with Crippen LogP contribution in [0.15, 0.2) is 51.4 Å². The molecule has 2 aromatic carbocycles. The summed E-state index contributed by atoms with van der Waals surface area (Å²) in [5.74, 6) is -0.447. The SMILES string of the molecule is CC(C)(C)C1(NC(=O)O)CC(Cn2c(O)c(C(Cc3ccc(Cl)cc3C(F)(F)F)=c3ccc4c(c3)C=NN=4)sc2=O)C1. The van der Waals surface area contributed by atoms with Crippen molar-refractivity contribution >= 4 is 40.8 Å². The first kappa shape index (κ1) is 29.8. The maximum absolute atomic E-state index is 14.0. The lowest BCUT2D eigenvalue weighted by atomic mass is 9.56. The smallest absolute Gasteiger partial charge is 0.416 e. The molecule has 222 valence electrons. The standard InChI is InChI=1S/C29H28ClF3N4O4S/c1-27(2,3)28(35-25(39)40)11-15(12-28)14-37-24(38)23(42-26(37)41)20(16-5-7-22-18(8-16)13-34-36-22)9-17-4-6-19(30)10-21(17)29(31,32)33/h4-8,10,13,15,35,38H,9,11-12,14H2,1-3H3,(H,39,40). The van der Waals surface area contributed by atoms with Crippen molar-refractivity contribution < 1.29 is 28.2 Å². The van der Waals surface area contributed by atoms with Gasteiger partial charge in [-0.2, -0.15) is 23.4 Å². The lowest BCUT2D eigenvalue weighted by Gasteiger charge is -2.55. The molecule has 1 amide bonds. The first-order chi connectivity index (χ1) is 19.6. The molecule has 0 spiro atoms. The summed E-state index contributed by atoms with van der Waals surface area (Å²) in [5.41, 5.74) is -1.06. The molecule has 13 heteroatoms. The van der Waals surface area contributed by atoms with Crippen LogP contribution in [0.2, 0.25) is 5.02 Å². The predicted molar refractivity (Wildman–Crippen MR) is 154 cm³/mol. The van der Waals surface area contributed by atoms with Crippen molar-refractivity contribution in [3.63, 3.8) is 0 Å². The summed E-state index contributed by atoms with van der Waals surface area (Å²) in [6, 6.07) is 8.58. The molecule has 1 aliphatic heterocycles. The Morgan fingerprint density at radius 1 is 1.19 bits per heavy atom. The molecular formula is C29H28ClF3N4O4S. The van der Waals surface area contributed by atoms with E-state index in [1.807, 2.05) is 20.8 Å². The molecule has 0 saturated heterocycles. The Labute approximate surface area is 247 Å². The van der Waals surface area contributed by atoms with Crippen LogP contribution in [0, 0.1) is 11.3 Å². The Bertz CT molecular complexity index is 1780. The third kappa shape index (κ3) is 5.57. The number of aromatic nitrogens is 1. The first-order valence-corrected chi connectivity index (χ1v) is 14.3. The molecule has 1 fully saturated rings. The van der Waals surface area contributed by atoms with Crippen LogP contribution in [0.25, 0.3) is 5.57 Å². The Hall–Kier alpha value is -3.64. The van der Waals surface area contributed by atoms with Crippen molar-refractivity contribution in [2.24, 2.45) is 21.5 Å². The molecule has 2 aliphatic rings. The van der Waals surface area contributed by atoms with Gasteiger partial charge in [-0.05, 0) is 64.8 Å². The van der Waals surface area contributed by atoms with Gasteiger partial charge >= 0.3 is 17.1 Å². The summed E-state index contributed by atoms with van der Waals surface area (Å²) >= 11 is 6.65. The number of thiazole rings is 1. The molecule has 0 atom stereocenters. The fourth-order valence-electron chi connectivity index (χ4n) is 5.73. The number of amides is 1. The highest BCUT2D eigenvalue weighted by atomic mass is 35.5. The van der Waals surface area contributed by atoms with E-state index in [9.17, 15) is 33.0 Å². The zero-order valence-electron chi connectivity index (χ0n) is 22.9. The van der Waals surface area contributed by atoms with Gasteiger partial charge in [0.05, 0.1) is 22.0 Å². The van der Waals surface area contributed by atoms with E-state index in [1.54, 1.807) is 18.2 Å². The second-order valence-corrected chi connectivity index (χ2v) is 13.1. The van der Waals surface area contributed by atoms with Gasteiger partial charge in [-0.25, -0.2) is 4.79 Å². The Morgan fingerprint density at radius 3 is 2.55 bits per heavy atom. The molecular weight excluding hydrogens is 593 g/mol. The van der Waals surface area contributed by atoms with E-state index in [-0.39, 0.29) is 45.6 Å². The van der Waals surface area contributed by atoms with E-state index in [4.69, 9.17) is 11.6 Å². The number of alkyl halides is 3. The summed E-state index contributed by atoms with van der Waals surface area (Å²) < 4.78 is 43.2. The highest BCUT2D eigenvalue weighted by Gasteiger charge is 2.53. The monoisotopic (exact) mass is 620 g/mol. The van der Waals surface area contributed by atoms with Gasteiger partial charge in [0.15, 0.2) is 0 Å². The summed E-state index contributed by atoms with van der Waals surface area (Å²) in [4.78, 5) is 24.3. The van der Waals surface area contributed by atoms with Crippen LogP contribution in [-0.4, -0.2) is 32.6 Å². The minimum atomic E-state index is -4.68. The molecule has 1 aliphatic carbocycles. The third-order valence-corrected chi connectivity index (χ3v) is 9.39. The molecule has 8 nitrogen and oxygen atoms in total. The number of halogens is 4. The van der Waals surface area contributed by atoms with Crippen LogP contribution in [0.4, 0.5) is 18.0 Å². The number of aromatic hydroxyl groups is 1. The molecule has 1 aromatic heterocycles. The van der Waals surface area contributed by atoms with Crippen LogP contribution in [-0.2, 0) is 19.1 Å². The maximum Gasteiger partial charge on any atom is 0.416 e. The van der Waals surface area contributed by atoms with E-state index < -0.39 is 28.2 Å². The third-order valence-electron chi connectivity index (χ3n) is 8.12. The van der Waals surface area contributed by atoms with Crippen LogP contribution < -0.4 is 20.8 Å². The second-order valence-electron chi connectivity index (χ2n) is 11.7. The van der Waals surface area contributed by atoms with E-state index in [2.05, 4.69) is 15.5 Å². The lowest BCUT2D eigenvalue weighted by molar-refractivity contribution is -0.138. The number of hydrogen-bond acceptors (Lipinski definition) is 6. The van der Waals surface area contributed by atoms with Crippen LogP contribution in [0.1, 0.15) is 55.2 Å². The Morgan fingerprint density at radius 2 is 1.90 bits per heavy atom. The van der Waals surface area contributed by atoms with Crippen LogP contribution in [0.3, 0.4) is 0 Å². The summed E-state index contributed by atoms with van der Waals surface area (Å²) in [7, 11) is 0. The molecule has 42 heavy (non-hydrogen) atoms. The van der Waals surface area contributed by atoms with Crippen molar-refractivity contribution in [2.75, 3.05) is 0 Å². The molecule has 3 N–H and O–H groups in total. The average Bonchev–Trinajstić information content (AvgIpc) is 3.44. The van der Waals surface area contributed by atoms with E-state index in [1.165, 1.54) is 22.9 Å². The zero-order chi connectivity index (χ0) is 30.6. The maximum atomic E-state index is 14.0. The van der Waals surface area contributed by atoms with Crippen molar-refractivity contribution in [2.45, 2.75) is 58.3 Å². The quantitative estimate of drug-likeness (QED) is 0.353. The van der Waals surface area contributed by atoms with Gasteiger partial charge in [-0.1, -0.05) is 55.8 Å². The summed E-state index contributed by atoms with van der Waals surface area (Å²) in [5, 5.41) is 32.3. The Kier molecular flexibility index (Phi) is 7.51. The molecule has 0 bridgehead atoms. The van der Waals surface area contributed by atoms with Crippen molar-refractivity contribution in [1.82, 2.24) is 9.88 Å². The highest BCUT2D eigenvalue weighted by molar-refractivity contribution is 7.10. The minimum Gasteiger partial charge on any atom is -0.493 e. The van der Waals surface area contributed by atoms with Crippen molar-refractivity contribution in [3.8, 4) is 5.88 Å². The van der Waals surface area contributed by atoms with E-state index >= 15 is 0 Å². The number of benzene rings is 2. The summed E-state index contributed by atoms with van der Waals surface area (Å²) in [6.45, 7) is 5.95. The number of rotatable bonds is 6. The van der Waals surface area contributed by atoms with Gasteiger partial charge in [0.25, 0.3) is 0 Å². The van der Waals surface area contributed by atoms with Gasteiger partial charge in [0.1, 0.15) is 0 Å². The van der Waals surface area contributed by atoms with E-state index in [0.29, 0.717) is 34.6 Å². The normalized spacial score (nSPS) is 20.5. The van der Waals surface area contributed by atoms with Crippen molar-refractivity contribution in [1.29, 1.82) is 0 Å². The topological polar surface area (TPSA) is 116 Å². The van der Waals surface area contributed by atoms with Crippen molar-refractivity contribution in [3.05, 3.63) is 83.2 Å². The fraction of sp³-hybridized carbons (Fsp3) is 0.379. The van der Waals surface area contributed by atoms with E-state index in [0.717, 1.165) is 17.4 Å². The number of carbonyl (C=O) groups is 1. The number of fused-ring (bicyclic) bond motifs is 1. The molecule has 3 aromatic rings. The zero-order valence-corrected chi connectivity index (χ0v) is 24.5. The molecule has 0 unspecified atom stereocenters. The second kappa shape index (κ2) is 10.6. The number of nitrogens with one attached hydrogen (secondary N) is 1. The average molecular weight is 621 g/mol. The van der Waals surface area contributed by atoms with Gasteiger partial charge in [0, 0.05) is 29.1 Å². The predicted octanol–water partition coefficient (Wildman–Crippen LogP) is 5.16. The minimum absolute atomic E-state index is 0.0640. The highest BCUT2D eigenvalue weighted by Crippen LogP contribution is 2.50. The molecule has 5 rings (SSSR count).